The molecule has 1 N–H and O–H groups in total. The molecule has 29 heavy (non-hydrogen) atoms. The van der Waals surface area contributed by atoms with Crippen LogP contribution in [0.4, 0.5) is 13.2 Å². The fourth-order valence-electron chi connectivity index (χ4n) is 3.25. The third-order valence-corrected chi connectivity index (χ3v) is 5.29. The quantitative estimate of drug-likeness (QED) is 0.641. The minimum atomic E-state index is -4.33. The Labute approximate surface area is 170 Å². The Bertz CT molecular complexity index is 782. The Balaban J connectivity index is 2.15. The number of halogens is 3. The third kappa shape index (κ3) is 6.63. The van der Waals surface area contributed by atoms with E-state index in [1.54, 1.807) is 6.92 Å². The average molecular weight is 411 g/mol. The van der Waals surface area contributed by atoms with Crippen molar-refractivity contribution in [1.29, 1.82) is 0 Å². The Morgan fingerprint density at radius 2 is 1.79 bits per heavy atom. The highest BCUT2D eigenvalue weighted by molar-refractivity contribution is 5.70. The molecule has 0 radical (unpaired) electrons. The van der Waals surface area contributed by atoms with Crippen molar-refractivity contribution in [2.24, 2.45) is 5.92 Å². The van der Waals surface area contributed by atoms with Gasteiger partial charge in [0.1, 0.15) is 6.54 Å². The van der Waals surface area contributed by atoms with Gasteiger partial charge in [-0.3, -0.25) is 0 Å². The summed E-state index contributed by atoms with van der Waals surface area (Å²) in [7, 11) is 0. The first-order chi connectivity index (χ1) is 13.6. The standard InChI is InChI=1S/C22H29F3N2O2/c1-5-29-21(28)15-27(17(4)16(2)3)14-20-7-6-12-26(20)13-18-8-10-19(11-9-18)22(23,24)25/h6-12,16-17H,5,13-15H2,1-4H3/p+1/t17-/m1/s1. The average Bonchev–Trinajstić information content (AvgIpc) is 3.07. The molecule has 0 saturated carbocycles. The van der Waals surface area contributed by atoms with Gasteiger partial charge in [0.05, 0.1) is 23.9 Å². The van der Waals surface area contributed by atoms with Gasteiger partial charge in [-0.1, -0.05) is 26.0 Å². The Morgan fingerprint density at radius 3 is 2.34 bits per heavy atom. The zero-order valence-electron chi connectivity index (χ0n) is 17.4. The molecule has 160 valence electrons. The minimum Gasteiger partial charge on any atom is -0.462 e. The van der Waals surface area contributed by atoms with E-state index in [0.29, 0.717) is 25.6 Å². The van der Waals surface area contributed by atoms with Crippen LogP contribution in [0.15, 0.2) is 42.6 Å². The fourth-order valence-corrected chi connectivity index (χ4v) is 3.25. The number of carbonyl (C=O) groups excluding carboxylic acids is 1. The summed E-state index contributed by atoms with van der Waals surface area (Å²) in [6.45, 7) is 9.88. The van der Waals surface area contributed by atoms with Crippen molar-refractivity contribution in [2.45, 2.75) is 53.0 Å². The fraction of sp³-hybridized carbons (Fsp3) is 0.500. The van der Waals surface area contributed by atoms with Gasteiger partial charge < -0.3 is 14.2 Å². The molecular formula is C22H30F3N2O2+. The van der Waals surface area contributed by atoms with Gasteiger partial charge in [-0.05, 0) is 43.7 Å². The highest BCUT2D eigenvalue weighted by Crippen LogP contribution is 2.29. The van der Waals surface area contributed by atoms with Crippen LogP contribution in [0.2, 0.25) is 0 Å². The van der Waals surface area contributed by atoms with Crippen LogP contribution in [0.25, 0.3) is 0 Å². The summed E-state index contributed by atoms with van der Waals surface area (Å²) in [4.78, 5) is 13.2. The topological polar surface area (TPSA) is 35.7 Å². The van der Waals surface area contributed by atoms with Crippen molar-refractivity contribution in [3.05, 3.63) is 59.4 Å². The largest absolute Gasteiger partial charge is 0.462 e. The van der Waals surface area contributed by atoms with Gasteiger partial charge >= 0.3 is 12.1 Å². The minimum absolute atomic E-state index is 0.226. The molecule has 0 amide bonds. The second kappa shape index (κ2) is 9.96. The number of hydrogen-bond donors (Lipinski definition) is 1. The van der Waals surface area contributed by atoms with Crippen LogP contribution in [0.1, 0.15) is 44.5 Å². The van der Waals surface area contributed by atoms with E-state index in [-0.39, 0.29) is 18.6 Å². The van der Waals surface area contributed by atoms with E-state index < -0.39 is 11.7 Å². The molecule has 1 aromatic heterocycles. The molecule has 1 unspecified atom stereocenters. The van der Waals surface area contributed by atoms with E-state index in [9.17, 15) is 18.0 Å². The number of aromatic nitrogens is 1. The first kappa shape index (κ1) is 23.0. The molecular weight excluding hydrogens is 381 g/mol. The molecule has 4 nitrogen and oxygen atoms in total. The smallest absolute Gasteiger partial charge is 0.416 e. The summed E-state index contributed by atoms with van der Waals surface area (Å²) < 4.78 is 45.4. The third-order valence-electron chi connectivity index (χ3n) is 5.29. The molecule has 0 bridgehead atoms. The lowest BCUT2D eigenvalue weighted by atomic mass is 10.0. The molecule has 1 heterocycles. The maximum absolute atomic E-state index is 12.8. The van der Waals surface area contributed by atoms with Gasteiger partial charge in [0.2, 0.25) is 0 Å². The van der Waals surface area contributed by atoms with Crippen LogP contribution in [-0.4, -0.2) is 29.7 Å². The number of ether oxygens (including phenoxy) is 1. The predicted octanol–water partition coefficient (Wildman–Crippen LogP) is 3.55. The van der Waals surface area contributed by atoms with Crippen molar-refractivity contribution in [3.8, 4) is 0 Å². The number of hydrogen-bond acceptors (Lipinski definition) is 2. The number of nitrogens with one attached hydrogen (secondary N) is 1. The van der Waals surface area contributed by atoms with Crippen molar-refractivity contribution < 1.29 is 27.6 Å². The van der Waals surface area contributed by atoms with Crippen molar-refractivity contribution in [2.75, 3.05) is 13.2 Å². The van der Waals surface area contributed by atoms with Crippen molar-refractivity contribution in [3.63, 3.8) is 0 Å². The maximum Gasteiger partial charge on any atom is 0.416 e. The van der Waals surface area contributed by atoms with Crippen LogP contribution >= 0.6 is 0 Å². The number of alkyl halides is 3. The molecule has 0 spiro atoms. The summed E-state index contributed by atoms with van der Waals surface area (Å²) >= 11 is 0. The predicted molar refractivity (Wildman–Crippen MR) is 105 cm³/mol. The van der Waals surface area contributed by atoms with Crippen LogP contribution in [0.3, 0.4) is 0 Å². The summed E-state index contributed by atoms with van der Waals surface area (Å²) in [5.74, 6) is 0.161. The molecule has 0 aliphatic rings. The molecule has 0 aliphatic heterocycles. The highest BCUT2D eigenvalue weighted by atomic mass is 19.4. The summed E-state index contributed by atoms with van der Waals surface area (Å²) in [6.07, 6.45) is -2.42. The normalized spacial score (nSPS) is 14.1. The summed E-state index contributed by atoms with van der Waals surface area (Å²) in [6, 6.07) is 9.38. The van der Waals surface area contributed by atoms with Gasteiger partial charge in [0, 0.05) is 18.7 Å². The number of nitrogens with zero attached hydrogens (tertiary/aromatic N) is 1. The first-order valence-corrected chi connectivity index (χ1v) is 9.92. The zero-order chi connectivity index (χ0) is 21.6. The molecule has 2 rings (SSSR count). The van der Waals surface area contributed by atoms with E-state index >= 15 is 0 Å². The summed E-state index contributed by atoms with van der Waals surface area (Å²) in [5.41, 5.74) is 1.17. The van der Waals surface area contributed by atoms with Gasteiger partial charge in [-0.25, -0.2) is 4.79 Å². The first-order valence-electron chi connectivity index (χ1n) is 9.92. The SMILES string of the molecule is CCOC(=O)C[NH+](Cc1cccn1Cc1ccc(C(F)(F)F)cc1)[C@H](C)C(C)C. The molecule has 1 aromatic carbocycles. The number of carbonyl (C=O) groups is 1. The molecule has 0 fully saturated rings. The van der Waals surface area contributed by atoms with Gasteiger partial charge in [-0.2, -0.15) is 13.2 Å². The van der Waals surface area contributed by atoms with Crippen LogP contribution < -0.4 is 4.90 Å². The van der Waals surface area contributed by atoms with Gasteiger partial charge in [0.25, 0.3) is 0 Å². The molecule has 0 aliphatic carbocycles. The Kier molecular flexibility index (Phi) is 7.90. The van der Waals surface area contributed by atoms with E-state index in [2.05, 4.69) is 20.8 Å². The lowest BCUT2D eigenvalue weighted by molar-refractivity contribution is -0.933. The maximum atomic E-state index is 12.8. The summed E-state index contributed by atoms with van der Waals surface area (Å²) in [5, 5.41) is 0. The molecule has 2 atom stereocenters. The van der Waals surface area contributed by atoms with Crippen LogP contribution in [-0.2, 0) is 28.8 Å². The lowest BCUT2D eigenvalue weighted by Gasteiger charge is -2.28. The van der Waals surface area contributed by atoms with E-state index in [1.165, 1.54) is 12.1 Å². The van der Waals surface area contributed by atoms with Gasteiger partial charge in [-0.15, -0.1) is 0 Å². The Morgan fingerprint density at radius 1 is 1.14 bits per heavy atom. The van der Waals surface area contributed by atoms with E-state index in [0.717, 1.165) is 28.3 Å². The highest BCUT2D eigenvalue weighted by Gasteiger charge is 2.30. The van der Waals surface area contributed by atoms with Crippen LogP contribution in [0, 0.1) is 5.92 Å². The lowest BCUT2D eigenvalue weighted by Crippen LogP contribution is -3.15. The monoisotopic (exact) mass is 411 g/mol. The second-order valence-corrected chi connectivity index (χ2v) is 7.67. The number of benzene rings is 1. The Hall–Kier alpha value is -2.28. The van der Waals surface area contributed by atoms with E-state index in [4.69, 9.17) is 4.74 Å². The number of quaternary nitrogens is 1. The molecule has 0 saturated heterocycles. The van der Waals surface area contributed by atoms with Crippen LogP contribution in [0.5, 0.6) is 0 Å². The van der Waals surface area contributed by atoms with Crippen molar-refractivity contribution >= 4 is 5.97 Å². The van der Waals surface area contributed by atoms with E-state index in [1.807, 2.05) is 22.9 Å². The molecule has 2 aromatic rings. The van der Waals surface area contributed by atoms with Crippen molar-refractivity contribution in [1.82, 2.24) is 4.57 Å². The zero-order valence-corrected chi connectivity index (χ0v) is 17.4. The van der Waals surface area contributed by atoms with Gasteiger partial charge in [0.15, 0.2) is 6.54 Å². The molecule has 7 heteroatoms. The number of rotatable bonds is 9. The second-order valence-electron chi connectivity index (χ2n) is 7.67. The number of esters is 1.